The largest absolute Gasteiger partial charge is 0.342 e. The highest BCUT2D eigenvalue weighted by Gasteiger charge is 2.33. The lowest BCUT2D eigenvalue weighted by molar-refractivity contribution is -0.129. The normalized spacial score (nSPS) is 16.4. The van der Waals surface area contributed by atoms with E-state index < -0.39 is 15.1 Å². The van der Waals surface area contributed by atoms with E-state index in [0.717, 1.165) is 12.8 Å². The first-order chi connectivity index (χ1) is 10.3. The van der Waals surface area contributed by atoms with Gasteiger partial charge in [-0.3, -0.25) is 9.59 Å². The molecule has 0 aliphatic carbocycles. The number of carbonyl (C=O) groups is 2. The molecule has 0 unspecified atom stereocenters. The number of hydrogen-bond acceptors (Lipinski definition) is 4. The number of likely N-dealkylation sites (tertiary alicyclic amines) is 1. The molecule has 1 atom stereocenters. The molecule has 0 radical (unpaired) electrons. The Kier molecular flexibility index (Phi) is 4.85. The maximum atomic E-state index is 12.5. The lowest BCUT2D eigenvalue weighted by atomic mass is 10.3. The highest BCUT2D eigenvalue weighted by atomic mass is 32.2. The van der Waals surface area contributed by atoms with Crippen LogP contribution in [0.3, 0.4) is 0 Å². The molecule has 120 valence electrons. The third kappa shape index (κ3) is 3.47. The van der Waals surface area contributed by atoms with Crippen molar-refractivity contribution in [3.05, 3.63) is 24.3 Å². The van der Waals surface area contributed by atoms with Gasteiger partial charge in [0.1, 0.15) is 5.25 Å². The number of nitrogens with one attached hydrogen (secondary N) is 1. The fraction of sp³-hybridized carbons (Fsp3) is 0.467. The predicted octanol–water partition coefficient (Wildman–Crippen LogP) is 1.43. The maximum Gasteiger partial charge on any atom is 0.241 e. The molecule has 22 heavy (non-hydrogen) atoms. The van der Waals surface area contributed by atoms with E-state index in [4.69, 9.17) is 0 Å². The molecule has 6 nitrogen and oxygen atoms in total. The quantitative estimate of drug-likeness (QED) is 0.908. The summed E-state index contributed by atoms with van der Waals surface area (Å²) in [7, 11) is -3.72. The summed E-state index contributed by atoms with van der Waals surface area (Å²) in [6, 6.07) is 5.85. The number of sulfone groups is 1. The van der Waals surface area contributed by atoms with Gasteiger partial charge in [-0.05, 0) is 44.0 Å². The van der Waals surface area contributed by atoms with Gasteiger partial charge in [0.2, 0.25) is 11.8 Å². The second-order valence-electron chi connectivity index (χ2n) is 5.43. The Balaban J connectivity index is 2.18. The lowest BCUT2D eigenvalue weighted by Crippen LogP contribution is -2.39. The van der Waals surface area contributed by atoms with Gasteiger partial charge in [-0.1, -0.05) is 0 Å². The van der Waals surface area contributed by atoms with Crippen molar-refractivity contribution >= 4 is 27.3 Å². The summed E-state index contributed by atoms with van der Waals surface area (Å²) in [4.78, 5) is 24.9. The van der Waals surface area contributed by atoms with Crippen molar-refractivity contribution in [2.75, 3.05) is 18.4 Å². The molecular formula is C15H20N2O4S. The van der Waals surface area contributed by atoms with E-state index in [1.165, 1.54) is 38.1 Å². The number of rotatable bonds is 4. The summed E-state index contributed by atoms with van der Waals surface area (Å²) in [5, 5.41) is 1.47. The Labute approximate surface area is 130 Å². The zero-order valence-electron chi connectivity index (χ0n) is 12.7. The SMILES string of the molecule is CC(=O)Nc1ccc(S(=O)(=O)[C@@H](C)C(=O)N2CCCC2)cc1. The fourth-order valence-electron chi connectivity index (χ4n) is 2.46. The van der Waals surface area contributed by atoms with Crippen LogP contribution in [-0.2, 0) is 19.4 Å². The van der Waals surface area contributed by atoms with Crippen molar-refractivity contribution in [3.63, 3.8) is 0 Å². The molecule has 1 N–H and O–H groups in total. The Morgan fingerprint density at radius 1 is 1.14 bits per heavy atom. The molecule has 0 bridgehead atoms. The molecule has 7 heteroatoms. The standard InChI is InChI=1S/C15H20N2O4S/c1-11(15(19)17-9-3-4-10-17)22(20,21)14-7-5-13(6-8-14)16-12(2)18/h5-8,11H,3-4,9-10H2,1-2H3,(H,16,18)/t11-/m0/s1. The van der Waals surface area contributed by atoms with Gasteiger partial charge in [0.15, 0.2) is 9.84 Å². The predicted molar refractivity (Wildman–Crippen MR) is 83.2 cm³/mol. The molecule has 1 aromatic carbocycles. The Morgan fingerprint density at radius 2 is 1.68 bits per heavy atom. The van der Waals surface area contributed by atoms with Gasteiger partial charge in [0.25, 0.3) is 0 Å². The van der Waals surface area contributed by atoms with Crippen LogP contribution < -0.4 is 5.32 Å². The smallest absolute Gasteiger partial charge is 0.241 e. The van der Waals surface area contributed by atoms with Crippen molar-refractivity contribution in [2.24, 2.45) is 0 Å². The van der Waals surface area contributed by atoms with Crippen LogP contribution in [0.4, 0.5) is 5.69 Å². The first-order valence-corrected chi connectivity index (χ1v) is 8.77. The third-order valence-electron chi connectivity index (χ3n) is 3.73. The summed E-state index contributed by atoms with van der Waals surface area (Å²) in [5.41, 5.74) is 0.518. The first-order valence-electron chi connectivity index (χ1n) is 7.22. The zero-order chi connectivity index (χ0) is 16.3. The number of benzene rings is 1. The number of amides is 2. The lowest BCUT2D eigenvalue weighted by Gasteiger charge is -2.20. The van der Waals surface area contributed by atoms with Crippen LogP contribution in [0, 0.1) is 0 Å². The summed E-state index contributed by atoms with van der Waals surface area (Å²) in [6.45, 7) is 4.06. The van der Waals surface area contributed by atoms with Crippen molar-refractivity contribution in [2.45, 2.75) is 36.8 Å². The Morgan fingerprint density at radius 3 is 2.18 bits per heavy atom. The van der Waals surface area contributed by atoms with Crippen LogP contribution >= 0.6 is 0 Å². The molecule has 1 aliphatic heterocycles. The molecule has 0 saturated carbocycles. The van der Waals surface area contributed by atoms with Crippen LogP contribution in [0.15, 0.2) is 29.2 Å². The summed E-state index contributed by atoms with van der Waals surface area (Å²) < 4.78 is 25.1. The van der Waals surface area contributed by atoms with Crippen LogP contribution in [0.2, 0.25) is 0 Å². The number of anilines is 1. The van der Waals surface area contributed by atoms with Gasteiger partial charge >= 0.3 is 0 Å². The van der Waals surface area contributed by atoms with Crippen LogP contribution in [0.25, 0.3) is 0 Å². The van der Waals surface area contributed by atoms with E-state index in [0.29, 0.717) is 18.8 Å². The second-order valence-corrected chi connectivity index (χ2v) is 7.69. The minimum Gasteiger partial charge on any atom is -0.342 e. The molecule has 0 spiro atoms. The van der Waals surface area contributed by atoms with Gasteiger partial charge in [0.05, 0.1) is 4.90 Å². The van der Waals surface area contributed by atoms with E-state index in [1.54, 1.807) is 4.90 Å². The number of hydrogen-bond donors (Lipinski definition) is 1. The van der Waals surface area contributed by atoms with Crippen LogP contribution in [-0.4, -0.2) is 43.5 Å². The van der Waals surface area contributed by atoms with Gasteiger partial charge in [-0.25, -0.2) is 8.42 Å². The zero-order valence-corrected chi connectivity index (χ0v) is 13.5. The number of nitrogens with zero attached hydrogens (tertiary/aromatic N) is 1. The van der Waals surface area contributed by atoms with Crippen molar-refractivity contribution in [1.29, 1.82) is 0 Å². The Hall–Kier alpha value is -1.89. The monoisotopic (exact) mass is 324 g/mol. The van der Waals surface area contributed by atoms with E-state index in [1.807, 2.05) is 0 Å². The van der Waals surface area contributed by atoms with Gasteiger partial charge in [0, 0.05) is 25.7 Å². The Bertz CT molecular complexity index is 661. The molecule has 0 aromatic heterocycles. The third-order valence-corrected chi connectivity index (χ3v) is 5.80. The topological polar surface area (TPSA) is 83.5 Å². The van der Waals surface area contributed by atoms with Crippen LogP contribution in [0.1, 0.15) is 26.7 Å². The summed E-state index contributed by atoms with van der Waals surface area (Å²) >= 11 is 0. The molecule has 2 amide bonds. The molecule has 1 saturated heterocycles. The highest BCUT2D eigenvalue weighted by Crippen LogP contribution is 2.21. The van der Waals surface area contributed by atoms with Gasteiger partial charge < -0.3 is 10.2 Å². The molecule has 1 fully saturated rings. The molecule has 1 heterocycles. The van der Waals surface area contributed by atoms with E-state index in [9.17, 15) is 18.0 Å². The van der Waals surface area contributed by atoms with Crippen molar-refractivity contribution in [3.8, 4) is 0 Å². The van der Waals surface area contributed by atoms with Gasteiger partial charge in [-0.15, -0.1) is 0 Å². The average Bonchev–Trinajstić information content (AvgIpc) is 2.99. The highest BCUT2D eigenvalue weighted by molar-refractivity contribution is 7.92. The number of carbonyl (C=O) groups excluding carboxylic acids is 2. The second kappa shape index (κ2) is 6.48. The van der Waals surface area contributed by atoms with Gasteiger partial charge in [-0.2, -0.15) is 0 Å². The van der Waals surface area contributed by atoms with Crippen molar-refractivity contribution < 1.29 is 18.0 Å². The van der Waals surface area contributed by atoms with E-state index in [2.05, 4.69) is 5.32 Å². The van der Waals surface area contributed by atoms with E-state index in [-0.39, 0.29) is 16.7 Å². The fourth-order valence-corrected chi connectivity index (χ4v) is 3.80. The molecular weight excluding hydrogens is 304 g/mol. The first kappa shape index (κ1) is 16.5. The van der Waals surface area contributed by atoms with E-state index >= 15 is 0 Å². The molecule has 1 aromatic rings. The average molecular weight is 324 g/mol. The van der Waals surface area contributed by atoms with Crippen molar-refractivity contribution in [1.82, 2.24) is 4.90 Å². The molecule has 1 aliphatic rings. The minimum atomic E-state index is -3.72. The molecule has 2 rings (SSSR count). The van der Waals surface area contributed by atoms with Crippen LogP contribution in [0.5, 0.6) is 0 Å². The maximum absolute atomic E-state index is 12.5. The minimum absolute atomic E-state index is 0.0849. The summed E-state index contributed by atoms with van der Waals surface area (Å²) in [6.07, 6.45) is 1.84. The summed E-state index contributed by atoms with van der Waals surface area (Å²) in [5.74, 6) is -0.573.